The van der Waals surface area contributed by atoms with Crippen molar-refractivity contribution in [2.24, 2.45) is 5.73 Å². The van der Waals surface area contributed by atoms with E-state index in [1.165, 1.54) is 0 Å². The summed E-state index contributed by atoms with van der Waals surface area (Å²) < 4.78 is 10.5. The number of amides is 7. The number of rotatable bonds is 21. The zero-order chi connectivity index (χ0) is 48.1. The fourth-order valence-electron chi connectivity index (χ4n) is 8.21. The molecule has 4 rings (SSSR count). The highest BCUT2D eigenvalue weighted by atomic mass is 16.5. The Kier molecular flexibility index (Phi) is 28.2. The summed E-state index contributed by atoms with van der Waals surface area (Å²) in [5, 5.41) is 43.7. The average Bonchev–Trinajstić information content (AvgIpc) is 3.33. The van der Waals surface area contributed by atoms with Crippen molar-refractivity contribution < 1.29 is 53.6 Å². The Morgan fingerprint density at radius 1 is 0.585 bits per heavy atom. The van der Waals surface area contributed by atoms with Gasteiger partial charge in [-0.3, -0.25) is 14.4 Å². The van der Waals surface area contributed by atoms with Gasteiger partial charge in [-0.05, 0) is 51.4 Å². The fraction of sp³-hybridized carbons (Fsp3) is 0.870. The van der Waals surface area contributed by atoms with E-state index in [1.807, 2.05) is 13.8 Å². The topological polar surface area (TPSA) is 274 Å². The van der Waals surface area contributed by atoms with Gasteiger partial charge < -0.3 is 66.9 Å². The normalized spacial score (nSPS) is 19.8. The number of aliphatic carboxylic acids is 1. The van der Waals surface area contributed by atoms with Crippen molar-refractivity contribution in [3.63, 3.8) is 0 Å². The van der Waals surface area contributed by atoms with Crippen LogP contribution in [-0.2, 0) is 28.7 Å². The number of carboxylic acid groups (broad SMARTS) is 1. The lowest BCUT2D eigenvalue weighted by atomic mass is 9.80. The van der Waals surface area contributed by atoms with Crippen LogP contribution in [0.3, 0.4) is 0 Å². The van der Waals surface area contributed by atoms with Gasteiger partial charge in [0.05, 0.1) is 32.5 Å². The Labute approximate surface area is 387 Å². The summed E-state index contributed by atoms with van der Waals surface area (Å²) in [6, 6.07) is -1.66. The summed E-state index contributed by atoms with van der Waals surface area (Å²) in [5.41, 5.74) is 3.62. The van der Waals surface area contributed by atoms with Crippen LogP contribution in [0.15, 0.2) is 0 Å². The third-order valence-corrected chi connectivity index (χ3v) is 12.6. The maximum absolute atomic E-state index is 13.5. The zero-order valence-electron chi connectivity index (χ0n) is 40.1. The third-order valence-electron chi connectivity index (χ3n) is 12.6. The maximum Gasteiger partial charge on any atom is 0.329 e. The van der Waals surface area contributed by atoms with Gasteiger partial charge in [-0.1, -0.05) is 105 Å². The minimum Gasteiger partial charge on any atom is -0.480 e. The van der Waals surface area contributed by atoms with Gasteiger partial charge >= 0.3 is 18.0 Å². The lowest BCUT2D eigenvalue weighted by Crippen LogP contribution is -2.65. The predicted octanol–water partition coefficient (Wildman–Crippen LogP) is 3.28. The minimum absolute atomic E-state index is 0.256. The molecule has 2 saturated carbocycles. The Morgan fingerprint density at radius 2 is 0.985 bits per heavy atom. The Bertz CT molecular complexity index is 1400. The first kappa shape index (κ1) is 57.3. The van der Waals surface area contributed by atoms with E-state index in [-0.39, 0.29) is 23.9 Å². The van der Waals surface area contributed by atoms with Crippen molar-refractivity contribution in [1.82, 2.24) is 36.4 Å². The van der Waals surface area contributed by atoms with Crippen LogP contribution in [0, 0.1) is 0 Å². The number of morpholine rings is 2. The number of nitrogens with two attached hydrogens (primary N) is 1. The molecule has 0 aromatic rings. The molecule has 376 valence electrons. The number of carbonyl (C=O) groups excluding carboxylic acids is 5. The monoisotopic (exact) mass is 927 g/mol. The van der Waals surface area contributed by atoms with Crippen LogP contribution >= 0.6 is 0 Å². The van der Waals surface area contributed by atoms with Crippen LogP contribution in [0.5, 0.6) is 0 Å². The largest absolute Gasteiger partial charge is 0.480 e. The summed E-state index contributed by atoms with van der Waals surface area (Å²) >= 11 is 0. The van der Waals surface area contributed by atoms with Crippen molar-refractivity contribution in [3.05, 3.63) is 0 Å². The molecule has 19 heteroatoms. The van der Waals surface area contributed by atoms with Gasteiger partial charge in [0, 0.05) is 45.3 Å². The number of nitrogens with one attached hydrogen (secondary N) is 5. The van der Waals surface area contributed by atoms with Crippen LogP contribution in [0.2, 0.25) is 0 Å². The van der Waals surface area contributed by atoms with Crippen LogP contribution in [-0.4, -0.2) is 162 Å². The quantitative estimate of drug-likeness (QED) is 0.0751. The summed E-state index contributed by atoms with van der Waals surface area (Å²) in [7, 11) is 0. The number of aliphatic hydroxyl groups is 2. The molecule has 0 spiro atoms. The van der Waals surface area contributed by atoms with Gasteiger partial charge in [0.2, 0.25) is 11.8 Å². The number of urea groups is 2. The van der Waals surface area contributed by atoms with Crippen LogP contribution in [0.25, 0.3) is 0 Å². The molecule has 65 heavy (non-hydrogen) atoms. The first-order chi connectivity index (χ1) is 31.2. The average molecular weight is 927 g/mol. The van der Waals surface area contributed by atoms with Crippen LogP contribution in [0.1, 0.15) is 156 Å². The molecule has 7 amide bonds. The summed E-state index contributed by atoms with van der Waals surface area (Å²) in [6.07, 6.45) is 13.8. The molecule has 0 radical (unpaired) electrons. The summed E-state index contributed by atoms with van der Waals surface area (Å²) in [5.74, 6) is -2.02. The van der Waals surface area contributed by atoms with Crippen LogP contribution in [0.4, 0.5) is 9.59 Å². The molecule has 0 aromatic carbocycles. The molecule has 2 heterocycles. The number of carbonyl (C=O) groups is 6. The van der Waals surface area contributed by atoms with E-state index in [4.69, 9.17) is 15.2 Å². The second kappa shape index (κ2) is 32.0. The van der Waals surface area contributed by atoms with Gasteiger partial charge in [0.15, 0.2) is 6.10 Å². The molecule has 19 nitrogen and oxygen atoms in total. The van der Waals surface area contributed by atoms with E-state index in [0.717, 1.165) is 89.9 Å². The molecule has 4 aliphatic rings. The Balaban J connectivity index is 0.000000371. The highest BCUT2D eigenvalue weighted by Crippen LogP contribution is 2.30. The van der Waals surface area contributed by atoms with Gasteiger partial charge in [-0.25, -0.2) is 14.4 Å². The van der Waals surface area contributed by atoms with Crippen molar-refractivity contribution >= 4 is 35.8 Å². The predicted molar refractivity (Wildman–Crippen MR) is 248 cm³/mol. The first-order valence-corrected chi connectivity index (χ1v) is 24.7. The number of nitrogens with zero attached hydrogens (tertiary/aromatic N) is 2. The third kappa shape index (κ3) is 20.3. The lowest BCUT2D eigenvalue weighted by Gasteiger charge is -2.40. The number of aliphatic hydroxyl groups excluding tert-OH is 2. The van der Waals surface area contributed by atoms with E-state index in [2.05, 4.69) is 40.4 Å². The lowest BCUT2D eigenvalue weighted by molar-refractivity contribution is -0.146. The molecule has 2 aliphatic carbocycles. The molecular weight excluding hydrogens is 841 g/mol. The van der Waals surface area contributed by atoms with Gasteiger partial charge in [0.1, 0.15) is 17.2 Å². The highest BCUT2D eigenvalue weighted by Gasteiger charge is 2.44. The smallest absolute Gasteiger partial charge is 0.329 e. The molecular formula is C46H86N8O11. The van der Waals surface area contributed by atoms with Crippen molar-refractivity contribution in [3.8, 4) is 0 Å². The number of hydrogen-bond donors (Lipinski definition) is 9. The molecule has 0 unspecified atom stereocenters. The second-order valence-corrected chi connectivity index (χ2v) is 17.9. The van der Waals surface area contributed by atoms with E-state index >= 15 is 0 Å². The standard InChI is InChI=1S/C23H42N4O5.C12H20N2O4.C11H24N2O2/c1-3-5-10-18(19(28)20(29)24-13-6-4-2)25-21(30)23(11-8-7-9-12-23)26-22(31)27-14-16-32-17-15-27;15-10(16)12(4-2-1-3-5-12)13-11(17)14-6-8-18-9-7-14;1-3-5-7-9(12)10(14)11(15)13-8-6-4-2/h18-19,28H,3-17H2,1-2H3,(H,24,29)(H,25,30)(H,26,31);1-9H2,(H,13,17)(H,15,16);9-10,14H,3-8,12H2,1-2H3,(H,13,15)/t18-,19-;;9-,10-/m0.0/s1. The first-order valence-electron chi connectivity index (χ1n) is 24.7. The molecule has 2 saturated heterocycles. The number of hydrogen-bond acceptors (Lipinski definition) is 11. The fourth-order valence-corrected chi connectivity index (χ4v) is 8.21. The maximum atomic E-state index is 13.5. The van der Waals surface area contributed by atoms with Crippen molar-refractivity contribution in [2.75, 3.05) is 65.7 Å². The summed E-state index contributed by atoms with van der Waals surface area (Å²) in [6.45, 7) is 13.4. The molecule has 0 aromatic heterocycles. The van der Waals surface area contributed by atoms with E-state index in [1.54, 1.807) is 9.80 Å². The van der Waals surface area contributed by atoms with E-state index in [0.29, 0.717) is 104 Å². The SMILES string of the molecule is CCCCNC(=O)[C@@H](O)[C@@H](N)CCCC.CCCCNC(=O)[C@@H](O)[C@H](CCCC)NC(=O)C1(NC(=O)N2CCOCC2)CCCCC1.O=C(NC1(C(=O)O)CCCCC1)N1CCOCC1. The van der Waals surface area contributed by atoms with Crippen molar-refractivity contribution in [2.45, 2.75) is 191 Å². The molecule has 2 aliphatic heterocycles. The summed E-state index contributed by atoms with van der Waals surface area (Å²) in [4.78, 5) is 77.0. The molecule has 10 N–H and O–H groups in total. The highest BCUT2D eigenvalue weighted by molar-refractivity contribution is 5.92. The zero-order valence-corrected chi connectivity index (χ0v) is 40.1. The molecule has 4 atom stereocenters. The van der Waals surface area contributed by atoms with Crippen LogP contribution < -0.4 is 32.3 Å². The Morgan fingerprint density at radius 3 is 1.42 bits per heavy atom. The minimum atomic E-state index is -1.32. The molecule has 0 bridgehead atoms. The number of ether oxygens (including phenoxy) is 2. The van der Waals surface area contributed by atoms with Gasteiger partial charge in [-0.15, -0.1) is 0 Å². The Hall–Kier alpha value is -3.78. The van der Waals surface area contributed by atoms with Gasteiger partial charge in [-0.2, -0.15) is 0 Å². The van der Waals surface area contributed by atoms with E-state index < -0.39 is 47.2 Å². The van der Waals surface area contributed by atoms with Gasteiger partial charge in [0.25, 0.3) is 5.91 Å². The van der Waals surface area contributed by atoms with Crippen molar-refractivity contribution in [1.29, 1.82) is 0 Å². The molecule has 4 fully saturated rings. The van der Waals surface area contributed by atoms with E-state index in [9.17, 15) is 44.1 Å². The second-order valence-electron chi connectivity index (χ2n) is 17.9. The number of unbranched alkanes of at least 4 members (excludes halogenated alkanes) is 4. The number of carboxylic acids is 1.